The zero-order valence-electron chi connectivity index (χ0n) is 11.1. The molecule has 0 spiro atoms. The van der Waals surface area contributed by atoms with Crippen molar-refractivity contribution in [3.63, 3.8) is 0 Å². The fourth-order valence-corrected chi connectivity index (χ4v) is 2.47. The normalized spacial score (nSPS) is 19.3. The van der Waals surface area contributed by atoms with E-state index in [-0.39, 0.29) is 6.61 Å². The lowest BCUT2D eigenvalue weighted by Crippen LogP contribution is -2.48. The van der Waals surface area contributed by atoms with Gasteiger partial charge >= 0.3 is 0 Å². The first kappa shape index (κ1) is 16.8. The predicted octanol–water partition coefficient (Wildman–Crippen LogP) is 1.51. The van der Waals surface area contributed by atoms with Crippen LogP contribution in [0.25, 0.3) is 0 Å². The highest BCUT2D eigenvalue weighted by Gasteiger charge is 2.22. The number of likely N-dealkylation sites (tertiary alicyclic amines) is 1. The summed E-state index contributed by atoms with van der Waals surface area (Å²) in [5.74, 6) is 0. The van der Waals surface area contributed by atoms with Crippen molar-refractivity contribution in [1.82, 2.24) is 0 Å². The number of quaternary nitrogens is 1. The molecule has 5 nitrogen and oxygen atoms in total. The molecule has 0 aromatic heterocycles. The predicted molar refractivity (Wildman–Crippen MR) is 66.3 cm³/mol. The molecule has 1 aliphatic rings. The fraction of sp³-hybridized carbons (Fsp3) is 1.00. The third-order valence-corrected chi connectivity index (χ3v) is 3.45. The van der Waals surface area contributed by atoms with Crippen molar-refractivity contribution in [3.05, 3.63) is 0 Å². The van der Waals surface area contributed by atoms with E-state index in [1.165, 1.54) is 56.7 Å². The fourth-order valence-electron chi connectivity index (χ4n) is 2.18. The summed E-state index contributed by atoms with van der Waals surface area (Å²) in [4.78, 5) is 0. The van der Waals surface area contributed by atoms with Crippen LogP contribution in [-0.4, -0.2) is 50.7 Å². The van der Waals surface area contributed by atoms with Gasteiger partial charge in [0, 0.05) is 0 Å². The SMILES string of the molecule is CCC[N+]1(C)CCCCC1.CCOS(=O)(=O)[O-]. The molecule has 0 radical (unpaired) electrons. The Labute approximate surface area is 105 Å². The molecule has 0 aliphatic carbocycles. The summed E-state index contributed by atoms with van der Waals surface area (Å²) in [6.07, 6.45) is 5.72. The van der Waals surface area contributed by atoms with Crippen LogP contribution in [0, 0.1) is 0 Å². The average molecular weight is 267 g/mol. The molecule has 17 heavy (non-hydrogen) atoms. The first-order valence-corrected chi connectivity index (χ1v) is 7.60. The van der Waals surface area contributed by atoms with Gasteiger partial charge in [-0.15, -0.1) is 0 Å². The van der Waals surface area contributed by atoms with Crippen LogP contribution in [0.5, 0.6) is 0 Å². The Hall–Kier alpha value is -0.170. The highest BCUT2D eigenvalue weighted by Crippen LogP contribution is 2.15. The molecule has 1 fully saturated rings. The van der Waals surface area contributed by atoms with Gasteiger partial charge in [0.15, 0.2) is 0 Å². The zero-order chi connectivity index (χ0) is 13.4. The largest absolute Gasteiger partial charge is 0.726 e. The maximum Gasteiger partial charge on any atom is 0.217 e. The average Bonchev–Trinajstić information content (AvgIpc) is 2.17. The molecule has 6 heteroatoms. The summed E-state index contributed by atoms with van der Waals surface area (Å²) in [6, 6.07) is 0. The molecule has 0 aromatic rings. The van der Waals surface area contributed by atoms with Crippen LogP contribution < -0.4 is 0 Å². The Bertz CT molecular complexity index is 278. The molecule has 0 atom stereocenters. The van der Waals surface area contributed by atoms with E-state index < -0.39 is 10.4 Å². The molecule has 0 bridgehead atoms. The van der Waals surface area contributed by atoms with Crippen molar-refractivity contribution in [2.24, 2.45) is 0 Å². The molecule has 1 rings (SSSR count). The van der Waals surface area contributed by atoms with Crippen LogP contribution in [0.3, 0.4) is 0 Å². The van der Waals surface area contributed by atoms with Crippen molar-refractivity contribution in [3.8, 4) is 0 Å². The molecule has 104 valence electrons. The van der Waals surface area contributed by atoms with E-state index in [4.69, 9.17) is 0 Å². The minimum absolute atomic E-state index is 0.0914. The van der Waals surface area contributed by atoms with Crippen molar-refractivity contribution in [2.75, 3.05) is 33.3 Å². The third-order valence-electron chi connectivity index (χ3n) is 2.92. The molecular formula is C11H25NO4S. The summed E-state index contributed by atoms with van der Waals surface area (Å²) in [6.45, 7) is 7.86. The van der Waals surface area contributed by atoms with E-state index in [1.54, 1.807) is 0 Å². The van der Waals surface area contributed by atoms with E-state index >= 15 is 0 Å². The number of rotatable bonds is 4. The van der Waals surface area contributed by atoms with Gasteiger partial charge in [-0.25, -0.2) is 8.42 Å². The van der Waals surface area contributed by atoms with Crippen molar-refractivity contribution < 1.29 is 21.6 Å². The molecule has 0 aromatic carbocycles. The summed E-state index contributed by atoms with van der Waals surface area (Å²) in [5, 5.41) is 0. The van der Waals surface area contributed by atoms with Crippen molar-refractivity contribution >= 4 is 10.4 Å². The van der Waals surface area contributed by atoms with Crippen LogP contribution in [0.15, 0.2) is 0 Å². The summed E-state index contributed by atoms with van der Waals surface area (Å²) in [7, 11) is -2.02. The highest BCUT2D eigenvalue weighted by molar-refractivity contribution is 7.80. The lowest BCUT2D eigenvalue weighted by molar-refractivity contribution is -0.914. The van der Waals surface area contributed by atoms with Gasteiger partial charge in [-0.1, -0.05) is 6.92 Å². The molecular weight excluding hydrogens is 242 g/mol. The lowest BCUT2D eigenvalue weighted by atomic mass is 10.1. The van der Waals surface area contributed by atoms with Crippen LogP contribution in [-0.2, 0) is 14.6 Å². The second-order valence-electron chi connectivity index (χ2n) is 4.67. The molecule has 0 N–H and O–H groups in total. The molecule has 0 amide bonds. The standard InChI is InChI=1S/C9H20N.C2H6O4S/c1-3-7-10(2)8-5-4-6-9-10;1-2-6-7(3,4)5/h3-9H2,1-2H3;2H2,1H3,(H,3,4,5)/q+1;/p-1. The lowest BCUT2D eigenvalue weighted by Gasteiger charge is -2.37. The van der Waals surface area contributed by atoms with Crippen LogP contribution >= 0.6 is 0 Å². The van der Waals surface area contributed by atoms with Gasteiger partial charge in [0.25, 0.3) is 0 Å². The van der Waals surface area contributed by atoms with E-state index in [0.717, 1.165) is 0 Å². The number of piperidine rings is 1. The highest BCUT2D eigenvalue weighted by atomic mass is 32.3. The number of nitrogens with zero attached hydrogens (tertiary/aromatic N) is 1. The first-order chi connectivity index (χ1) is 7.83. The second-order valence-corrected chi connectivity index (χ2v) is 5.72. The van der Waals surface area contributed by atoms with Crippen LogP contribution in [0.4, 0.5) is 0 Å². The minimum Gasteiger partial charge on any atom is -0.726 e. The van der Waals surface area contributed by atoms with Gasteiger partial charge in [0.2, 0.25) is 10.4 Å². The van der Waals surface area contributed by atoms with Crippen LogP contribution in [0.2, 0.25) is 0 Å². The van der Waals surface area contributed by atoms with Gasteiger partial charge in [-0.3, -0.25) is 4.18 Å². The van der Waals surface area contributed by atoms with Gasteiger partial charge in [0.05, 0.1) is 33.3 Å². The molecule has 1 heterocycles. The van der Waals surface area contributed by atoms with Crippen LogP contribution in [0.1, 0.15) is 39.5 Å². The summed E-state index contributed by atoms with van der Waals surface area (Å²) < 4.78 is 33.4. The van der Waals surface area contributed by atoms with Gasteiger partial charge < -0.3 is 9.04 Å². The third kappa shape index (κ3) is 9.52. The maximum atomic E-state index is 9.45. The first-order valence-electron chi connectivity index (χ1n) is 6.27. The topological polar surface area (TPSA) is 66.4 Å². The number of hydrogen-bond acceptors (Lipinski definition) is 4. The van der Waals surface area contributed by atoms with E-state index in [1.807, 2.05) is 0 Å². The Balaban J connectivity index is 0.000000325. The van der Waals surface area contributed by atoms with E-state index in [9.17, 15) is 13.0 Å². The quantitative estimate of drug-likeness (QED) is 0.440. The van der Waals surface area contributed by atoms with Gasteiger partial charge in [0.1, 0.15) is 0 Å². The molecule has 0 saturated carbocycles. The van der Waals surface area contributed by atoms with Gasteiger partial charge in [-0.2, -0.15) is 0 Å². The van der Waals surface area contributed by atoms with Crippen molar-refractivity contribution in [2.45, 2.75) is 39.5 Å². The second kappa shape index (κ2) is 8.02. The van der Waals surface area contributed by atoms with E-state index in [0.29, 0.717) is 0 Å². The zero-order valence-corrected chi connectivity index (χ0v) is 12.0. The Morgan fingerprint density at radius 1 is 1.18 bits per heavy atom. The molecule has 0 unspecified atom stereocenters. The van der Waals surface area contributed by atoms with E-state index in [2.05, 4.69) is 18.2 Å². The maximum absolute atomic E-state index is 9.45. The van der Waals surface area contributed by atoms with Crippen molar-refractivity contribution in [1.29, 1.82) is 0 Å². The van der Waals surface area contributed by atoms with Gasteiger partial charge in [-0.05, 0) is 32.6 Å². The smallest absolute Gasteiger partial charge is 0.217 e. The summed E-state index contributed by atoms with van der Waals surface area (Å²) in [5.41, 5.74) is 0. The Morgan fingerprint density at radius 2 is 1.71 bits per heavy atom. The monoisotopic (exact) mass is 267 g/mol. The Kier molecular flexibility index (Phi) is 7.94. The number of hydrogen-bond donors (Lipinski definition) is 0. The molecule has 1 saturated heterocycles. The Morgan fingerprint density at radius 3 is 2.00 bits per heavy atom. The minimum atomic E-state index is -4.42. The molecule has 1 aliphatic heterocycles. The summed E-state index contributed by atoms with van der Waals surface area (Å²) >= 11 is 0.